The van der Waals surface area contributed by atoms with Gasteiger partial charge in [0.15, 0.2) is 5.13 Å². The summed E-state index contributed by atoms with van der Waals surface area (Å²) in [6, 6.07) is 1.67. The van der Waals surface area contributed by atoms with Crippen LogP contribution in [0, 0.1) is 0 Å². The van der Waals surface area contributed by atoms with Gasteiger partial charge in [0.1, 0.15) is 4.88 Å². The van der Waals surface area contributed by atoms with Crippen molar-refractivity contribution >= 4 is 39.9 Å². The number of halogens is 1. The van der Waals surface area contributed by atoms with Crippen molar-refractivity contribution in [2.45, 2.75) is 18.9 Å². The van der Waals surface area contributed by atoms with Gasteiger partial charge in [0, 0.05) is 18.4 Å². The number of hydrogen-bond donors (Lipinski definition) is 0. The number of esters is 1. The summed E-state index contributed by atoms with van der Waals surface area (Å²) < 4.78 is 4.67. The molecule has 1 aliphatic carbocycles. The van der Waals surface area contributed by atoms with Gasteiger partial charge in [-0.05, 0) is 18.9 Å². The number of amides is 1. The van der Waals surface area contributed by atoms with E-state index in [-0.39, 0.29) is 11.9 Å². The molecule has 1 amide bonds. The van der Waals surface area contributed by atoms with Crippen molar-refractivity contribution in [1.82, 2.24) is 9.97 Å². The monoisotopic (exact) mass is 337 g/mol. The van der Waals surface area contributed by atoms with Crippen LogP contribution in [0.2, 0.25) is 5.02 Å². The Morgan fingerprint density at radius 2 is 2.18 bits per heavy atom. The van der Waals surface area contributed by atoms with Gasteiger partial charge in [-0.3, -0.25) is 14.7 Å². The lowest BCUT2D eigenvalue weighted by molar-refractivity contribution is 0.0606. The van der Waals surface area contributed by atoms with Crippen molar-refractivity contribution in [1.29, 1.82) is 0 Å². The minimum Gasteiger partial charge on any atom is -0.465 e. The maximum Gasteiger partial charge on any atom is 0.349 e. The van der Waals surface area contributed by atoms with Crippen molar-refractivity contribution in [2.75, 3.05) is 12.0 Å². The zero-order valence-corrected chi connectivity index (χ0v) is 13.2. The fraction of sp³-hybridized carbons (Fsp3) is 0.286. The van der Waals surface area contributed by atoms with Crippen LogP contribution in [0.15, 0.2) is 24.7 Å². The Morgan fingerprint density at radius 3 is 2.82 bits per heavy atom. The summed E-state index contributed by atoms with van der Waals surface area (Å²) in [5.74, 6) is -0.699. The van der Waals surface area contributed by atoms with Crippen LogP contribution in [0.1, 0.15) is 32.9 Å². The quantitative estimate of drug-likeness (QED) is 0.802. The summed E-state index contributed by atoms with van der Waals surface area (Å²) in [4.78, 5) is 34.3. The Balaban J connectivity index is 1.94. The van der Waals surface area contributed by atoms with E-state index in [9.17, 15) is 9.59 Å². The third kappa shape index (κ3) is 2.82. The van der Waals surface area contributed by atoms with Gasteiger partial charge in [0.05, 0.1) is 23.9 Å². The number of nitrogens with zero attached hydrogens (tertiary/aromatic N) is 3. The molecular weight excluding hydrogens is 326 g/mol. The molecule has 2 aromatic rings. The first-order valence-corrected chi connectivity index (χ1v) is 7.78. The van der Waals surface area contributed by atoms with Gasteiger partial charge < -0.3 is 4.74 Å². The number of hydrogen-bond acceptors (Lipinski definition) is 6. The van der Waals surface area contributed by atoms with Gasteiger partial charge in [0.25, 0.3) is 5.91 Å². The summed E-state index contributed by atoms with van der Waals surface area (Å²) in [6.45, 7) is 0. The fourth-order valence-corrected chi connectivity index (χ4v) is 3.10. The zero-order valence-electron chi connectivity index (χ0n) is 11.7. The average molecular weight is 338 g/mol. The first-order valence-electron chi connectivity index (χ1n) is 6.59. The lowest BCUT2D eigenvalue weighted by atomic mass is 10.2. The molecule has 0 aliphatic heterocycles. The molecule has 1 saturated carbocycles. The second kappa shape index (κ2) is 6.02. The van der Waals surface area contributed by atoms with E-state index < -0.39 is 5.97 Å². The molecule has 6 nitrogen and oxygen atoms in total. The predicted octanol–water partition coefficient (Wildman–Crippen LogP) is 2.79. The van der Waals surface area contributed by atoms with E-state index in [0.29, 0.717) is 20.6 Å². The van der Waals surface area contributed by atoms with Crippen molar-refractivity contribution in [3.8, 4) is 0 Å². The van der Waals surface area contributed by atoms with Gasteiger partial charge >= 0.3 is 5.97 Å². The number of anilines is 1. The normalized spacial score (nSPS) is 13.7. The molecule has 0 spiro atoms. The molecule has 0 bridgehead atoms. The number of aromatic nitrogens is 2. The minimum atomic E-state index is -0.464. The van der Waals surface area contributed by atoms with Gasteiger partial charge in [-0.2, -0.15) is 0 Å². The largest absolute Gasteiger partial charge is 0.465 e. The van der Waals surface area contributed by atoms with Crippen LogP contribution in [0.5, 0.6) is 0 Å². The second-order valence-electron chi connectivity index (χ2n) is 4.76. The fourth-order valence-electron chi connectivity index (χ4n) is 1.99. The summed E-state index contributed by atoms with van der Waals surface area (Å²) >= 11 is 7.18. The minimum absolute atomic E-state index is 0.0911. The number of methoxy groups -OCH3 is 1. The molecule has 0 N–H and O–H groups in total. The van der Waals surface area contributed by atoms with E-state index in [2.05, 4.69) is 14.7 Å². The number of pyridine rings is 1. The molecule has 3 rings (SSSR count). The van der Waals surface area contributed by atoms with Gasteiger partial charge in [0.2, 0.25) is 0 Å². The Bertz CT molecular complexity index is 730. The summed E-state index contributed by atoms with van der Waals surface area (Å²) in [7, 11) is 1.31. The number of thiazole rings is 1. The summed E-state index contributed by atoms with van der Waals surface area (Å²) in [5, 5.41) is 0.767. The van der Waals surface area contributed by atoms with E-state index in [4.69, 9.17) is 11.6 Å². The average Bonchev–Trinajstić information content (AvgIpc) is 3.23. The van der Waals surface area contributed by atoms with Crippen molar-refractivity contribution < 1.29 is 14.3 Å². The standard InChI is InChI=1S/C14H12ClN3O3S/c1-21-13(20)11-7-17-14(22-11)18(8-2-3-8)12(19)9-4-5-16-6-10(9)15/h4-8H,2-3H2,1H3. The molecule has 22 heavy (non-hydrogen) atoms. The molecule has 0 aromatic carbocycles. The highest BCUT2D eigenvalue weighted by Crippen LogP contribution is 2.36. The van der Waals surface area contributed by atoms with Gasteiger partial charge in [-0.25, -0.2) is 9.78 Å². The van der Waals surface area contributed by atoms with Crippen LogP contribution in [0.4, 0.5) is 5.13 Å². The summed E-state index contributed by atoms with van der Waals surface area (Å²) in [5.41, 5.74) is 0.374. The molecular formula is C14H12ClN3O3S. The highest BCUT2D eigenvalue weighted by atomic mass is 35.5. The maximum absolute atomic E-state index is 12.8. The van der Waals surface area contributed by atoms with Crippen LogP contribution >= 0.6 is 22.9 Å². The smallest absolute Gasteiger partial charge is 0.349 e. The van der Waals surface area contributed by atoms with Gasteiger partial charge in [-0.15, -0.1) is 0 Å². The Labute approximate surface area is 135 Å². The topological polar surface area (TPSA) is 72.4 Å². The zero-order chi connectivity index (χ0) is 15.7. The van der Waals surface area contributed by atoms with Crippen LogP contribution in [-0.4, -0.2) is 35.0 Å². The molecule has 0 atom stereocenters. The number of carbonyl (C=O) groups excluding carboxylic acids is 2. The SMILES string of the molecule is COC(=O)c1cnc(N(C(=O)c2ccncc2Cl)C2CC2)s1. The van der Waals surface area contributed by atoms with Gasteiger partial charge in [-0.1, -0.05) is 22.9 Å². The molecule has 0 saturated heterocycles. The lowest BCUT2D eigenvalue weighted by Crippen LogP contribution is -2.33. The highest BCUT2D eigenvalue weighted by Gasteiger charge is 2.37. The van der Waals surface area contributed by atoms with Crippen LogP contribution < -0.4 is 4.90 Å². The molecule has 2 aromatic heterocycles. The number of rotatable bonds is 4. The highest BCUT2D eigenvalue weighted by molar-refractivity contribution is 7.17. The third-order valence-electron chi connectivity index (χ3n) is 3.22. The van der Waals surface area contributed by atoms with Crippen molar-refractivity contribution in [3.63, 3.8) is 0 Å². The second-order valence-corrected chi connectivity index (χ2v) is 6.18. The van der Waals surface area contributed by atoms with Crippen LogP contribution in [0.25, 0.3) is 0 Å². The van der Waals surface area contributed by atoms with E-state index in [1.54, 1.807) is 11.0 Å². The van der Waals surface area contributed by atoms with Crippen molar-refractivity contribution in [2.24, 2.45) is 0 Å². The number of ether oxygens (including phenoxy) is 1. The first kappa shape index (κ1) is 14.9. The molecule has 8 heteroatoms. The molecule has 114 valence electrons. The van der Waals surface area contributed by atoms with E-state index in [1.165, 1.54) is 25.7 Å². The maximum atomic E-state index is 12.8. The molecule has 2 heterocycles. The first-order chi connectivity index (χ1) is 10.6. The molecule has 1 aliphatic rings. The molecule has 0 radical (unpaired) electrons. The molecule has 0 unspecified atom stereocenters. The number of carbonyl (C=O) groups is 2. The third-order valence-corrected chi connectivity index (χ3v) is 4.50. The Hall–Kier alpha value is -1.99. The Morgan fingerprint density at radius 1 is 1.41 bits per heavy atom. The van der Waals surface area contributed by atoms with Crippen LogP contribution in [-0.2, 0) is 4.74 Å². The van der Waals surface area contributed by atoms with Crippen LogP contribution in [0.3, 0.4) is 0 Å². The van der Waals surface area contributed by atoms with E-state index in [1.807, 2.05) is 0 Å². The predicted molar refractivity (Wildman–Crippen MR) is 82.5 cm³/mol. The van der Waals surface area contributed by atoms with Crippen molar-refractivity contribution in [3.05, 3.63) is 40.1 Å². The van der Waals surface area contributed by atoms with E-state index >= 15 is 0 Å². The summed E-state index contributed by atoms with van der Waals surface area (Å²) in [6.07, 6.45) is 6.18. The van der Waals surface area contributed by atoms with E-state index in [0.717, 1.165) is 24.2 Å². The lowest BCUT2D eigenvalue weighted by Gasteiger charge is -2.19. The molecule has 1 fully saturated rings. The Kier molecular flexibility index (Phi) is 4.08.